The fourth-order valence-electron chi connectivity index (χ4n) is 7.28. The van der Waals surface area contributed by atoms with Gasteiger partial charge in [-0.1, -0.05) is 20.8 Å². The van der Waals surface area contributed by atoms with Gasteiger partial charge in [0.15, 0.2) is 17.4 Å². The lowest BCUT2D eigenvalue weighted by atomic mass is 9.70. The van der Waals surface area contributed by atoms with Crippen molar-refractivity contribution in [2.24, 2.45) is 16.7 Å². The average Bonchev–Trinajstić information content (AvgIpc) is 3.25. The molecule has 3 aromatic rings. The predicted molar refractivity (Wildman–Crippen MR) is 150 cm³/mol. The molecule has 2 heterocycles. The Balaban J connectivity index is 1.45. The number of aromatic nitrogens is 1. The van der Waals surface area contributed by atoms with Gasteiger partial charge in [0.25, 0.3) is 0 Å². The first-order valence-corrected chi connectivity index (χ1v) is 14.0. The summed E-state index contributed by atoms with van der Waals surface area (Å²) < 4.78 is 54.4. The van der Waals surface area contributed by atoms with Crippen LogP contribution in [0, 0.1) is 34.2 Å². The third-order valence-corrected chi connectivity index (χ3v) is 10.4. The fourth-order valence-corrected chi connectivity index (χ4v) is 7.28. The highest BCUT2D eigenvalue weighted by molar-refractivity contribution is 5.94. The first kappa shape index (κ1) is 27.6. The Morgan fingerprint density at radius 3 is 2.34 bits per heavy atom. The molecule has 1 N–H and O–H groups in total. The van der Waals surface area contributed by atoms with Gasteiger partial charge in [-0.25, -0.2) is 18.0 Å². The Hall–Kier alpha value is -3.53. The minimum Gasteiger partial charge on any atom is -0.487 e. The Morgan fingerprint density at radius 1 is 1.05 bits per heavy atom. The van der Waals surface area contributed by atoms with E-state index in [1.54, 1.807) is 4.90 Å². The van der Waals surface area contributed by atoms with Gasteiger partial charge in [-0.05, 0) is 55.8 Å². The van der Waals surface area contributed by atoms with Gasteiger partial charge in [0.1, 0.15) is 23.2 Å². The Labute approximate surface area is 236 Å². The third-order valence-electron chi connectivity index (χ3n) is 10.4. The molecule has 2 aliphatic carbocycles. The molecule has 3 aliphatic rings. The van der Waals surface area contributed by atoms with Gasteiger partial charge in [0, 0.05) is 49.5 Å². The molecule has 10 heteroatoms. The number of halogens is 3. The zero-order chi connectivity index (χ0) is 29.4. The summed E-state index contributed by atoms with van der Waals surface area (Å²) in [6.07, 6.45) is 3.77. The number of hydrogen-bond donors (Lipinski definition) is 1. The molecule has 2 aromatic carbocycles. The maximum atomic E-state index is 16.2. The van der Waals surface area contributed by atoms with Gasteiger partial charge in [-0.15, -0.1) is 0 Å². The van der Waals surface area contributed by atoms with E-state index in [1.165, 1.54) is 12.1 Å². The number of carbonyl (C=O) groups is 1. The number of likely N-dealkylation sites (N-methyl/N-ethyl adjacent to an activating group) is 1. The minimum absolute atomic E-state index is 0.0526. The molecule has 41 heavy (non-hydrogen) atoms. The number of benzene rings is 2. The number of pyridine rings is 1. The van der Waals surface area contributed by atoms with Crippen LogP contribution in [0.3, 0.4) is 0 Å². The van der Waals surface area contributed by atoms with Crippen molar-refractivity contribution < 1.29 is 27.8 Å². The van der Waals surface area contributed by atoms with Crippen molar-refractivity contribution in [2.75, 3.05) is 38.1 Å². The van der Waals surface area contributed by atoms with Gasteiger partial charge in [0.2, 0.25) is 5.43 Å². The van der Waals surface area contributed by atoms with Crippen molar-refractivity contribution in [3.63, 3.8) is 0 Å². The van der Waals surface area contributed by atoms with E-state index in [4.69, 9.17) is 4.74 Å². The van der Waals surface area contributed by atoms with Crippen LogP contribution in [-0.4, -0.2) is 59.9 Å². The molecular formula is C31H34F3N3O4. The van der Waals surface area contributed by atoms with Gasteiger partial charge in [0.05, 0.1) is 10.9 Å². The summed E-state index contributed by atoms with van der Waals surface area (Å²) in [5.41, 5.74) is -2.25. The SMILES string of the molecule is CN1CCN(c2c(F)cc3c(=O)c(C(=O)O)cn(-c4ccc(O[C@H]5C[C@H]6CC[C@@]5(C)C6(C)C)c(F)c4)c3c2F)CC1. The van der Waals surface area contributed by atoms with Crippen molar-refractivity contribution in [1.29, 1.82) is 0 Å². The van der Waals surface area contributed by atoms with Gasteiger partial charge >= 0.3 is 5.97 Å². The quantitative estimate of drug-likeness (QED) is 0.441. The lowest BCUT2D eigenvalue weighted by molar-refractivity contribution is 0.0278. The van der Waals surface area contributed by atoms with Crippen LogP contribution in [0.4, 0.5) is 18.9 Å². The molecule has 0 unspecified atom stereocenters. The maximum absolute atomic E-state index is 16.2. The lowest BCUT2D eigenvalue weighted by Crippen LogP contribution is -2.45. The van der Waals surface area contributed by atoms with E-state index in [9.17, 15) is 14.7 Å². The molecule has 0 radical (unpaired) electrons. The number of rotatable bonds is 5. The largest absolute Gasteiger partial charge is 0.487 e. The van der Waals surface area contributed by atoms with Crippen molar-refractivity contribution >= 4 is 22.6 Å². The predicted octanol–water partition coefficient (Wildman–Crippen LogP) is 5.45. The fraction of sp³-hybridized carbons (Fsp3) is 0.484. The summed E-state index contributed by atoms with van der Waals surface area (Å²) in [4.78, 5) is 28.5. The first-order chi connectivity index (χ1) is 19.3. The van der Waals surface area contributed by atoms with E-state index in [-0.39, 0.29) is 39.6 Å². The van der Waals surface area contributed by atoms with E-state index >= 15 is 13.2 Å². The number of piperazine rings is 1. The molecule has 3 fully saturated rings. The summed E-state index contributed by atoms with van der Waals surface area (Å²) >= 11 is 0. The van der Waals surface area contributed by atoms with Gasteiger partial charge in [-0.3, -0.25) is 4.79 Å². The number of hydrogen-bond acceptors (Lipinski definition) is 5. The molecule has 218 valence electrons. The van der Waals surface area contributed by atoms with Crippen LogP contribution < -0.4 is 15.1 Å². The summed E-state index contributed by atoms with van der Waals surface area (Å²) in [6.45, 7) is 8.58. The van der Waals surface area contributed by atoms with E-state index in [0.717, 1.165) is 42.2 Å². The van der Waals surface area contributed by atoms with Crippen molar-refractivity contribution in [2.45, 2.75) is 46.1 Å². The highest BCUT2D eigenvalue weighted by Gasteiger charge is 2.62. The standard InChI is InChI=1S/C31H34F3N3O4/c1-30(2)17-7-8-31(30,3)24(13-17)41-23-6-5-18(14-21(23)32)37-16-20(29(39)40)28(38)19-15-22(33)27(25(34)26(19)37)36-11-9-35(4)10-12-36/h5-6,14-17,24H,7-13H2,1-4H3,(H,39,40)/t17-,24+,31-/m1/s1. The number of anilines is 1. The number of carboxylic acids is 1. The zero-order valence-corrected chi connectivity index (χ0v) is 23.6. The molecule has 0 spiro atoms. The summed E-state index contributed by atoms with van der Waals surface area (Å²) in [7, 11) is 1.91. The zero-order valence-electron chi connectivity index (χ0n) is 23.6. The first-order valence-electron chi connectivity index (χ1n) is 14.0. The molecule has 3 atom stereocenters. The second-order valence-electron chi connectivity index (χ2n) is 12.6. The van der Waals surface area contributed by atoms with Crippen molar-refractivity contribution in [3.8, 4) is 11.4 Å². The number of nitrogens with zero attached hydrogens (tertiary/aromatic N) is 3. The van der Waals surface area contributed by atoms with Crippen LogP contribution in [0.15, 0.2) is 35.3 Å². The van der Waals surface area contributed by atoms with Crippen molar-refractivity contribution in [3.05, 3.63) is 63.7 Å². The second-order valence-corrected chi connectivity index (χ2v) is 12.6. The lowest BCUT2D eigenvalue weighted by Gasteiger charge is -2.38. The molecule has 2 saturated carbocycles. The Kier molecular flexibility index (Phi) is 6.41. The molecule has 1 aromatic heterocycles. The molecule has 7 nitrogen and oxygen atoms in total. The maximum Gasteiger partial charge on any atom is 0.341 e. The van der Waals surface area contributed by atoms with Crippen LogP contribution in [0.5, 0.6) is 5.75 Å². The van der Waals surface area contributed by atoms with E-state index < -0.39 is 39.8 Å². The Bertz CT molecular complexity index is 1630. The summed E-state index contributed by atoms with van der Waals surface area (Å²) in [6, 6.07) is 4.94. The number of carboxylic acid groups (broad SMARTS) is 1. The highest BCUT2D eigenvalue weighted by atomic mass is 19.1. The molecular weight excluding hydrogens is 535 g/mol. The van der Waals surface area contributed by atoms with E-state index in [2.05, 4.69) is 20.8 Å². The van der Waals surface area contributed by atoms with Crippen LogP contribution in [-0.2, 0) is 0 Å². The number of aromatic carboxylic acids is 1. The molecule has 1 saturated heterocycles. The minimum atomic E-state index is -1.55. The summed E-state index contributed by atoms with van der Waals surface area (Å²) in [5, 5.41) is 9.25. The van der Waals surface area contributed by atoms with E-state index in [0.29, 0.717) is 32.1 Å². The second kappa shape index (κ2) is 9.51. The van der Waals surface area contributed by atoms with Gasteiger partial charge < -0.3 is 24.2 Å². The van der Waals surface area contributed by atoms with Crippen molar-refractivity contribution in [1.82, 2.24) is 9.47 Å². The number of fused-ring (bicyclic) bond motifs is 3. The molecule has 0 amide bonds. The number of ether oxygens (including phenoxy) is 1. The average molecular weight is 570 g/mol. The normalized spacial score (nSPS) is 25.7. The van der Waals surface area contributed by atoms with Crippen LogP contribution in [0.1, 0.15) is 50.4 Å². The third kappa shape index (κ3) is 4.13. The van der Waals surface area contributed by atoms with E-state index in [1.807, 2.05) is 11.9 Å². The van der Waals surface area contributed by atoms with Crippen LogP contribution in [0.2, 0.25) is 0 Å². The topological polar surface area (TPSA) is 75.0 Å². The smallest absolute Gasteiger partial charge is 0.341 e. The molecule has 2 bridgehead atoms. The highest BCUT2D eigenvalue weighted by Crippen LogP contribution is 2.66. The van der Waals surface area contributed by atoms with Gasteiger partial charge in [-0.2, -0.15) is 0 Å². The Morgan fingerprint density at radius 2 is 1.76 bits per heavy atom. The summed E-state index contributed by atoms with van der Waals surface area (Å²) in [5.74, 6) is -3.66. The van der Waals surface area contributed by atoms with Crippen LogP contribution in [0.25, 0.3) is 16.6 Å². The monoisotopic (exact) mass is 569 g/mol. The molecule has 6 rings (SSSR count). The molecule has 1 aliphatic heterocycles. The van der Waals surface area contributed by atoms with Crippen LogP contribution >= 0.6 is 0 Å².